The van der Waals surface area contributed by atoms with Gasteiger partial charge in [-0.3, -0.25) is 9.52 Å². The Kier molecular flexibility index (Phi) is 5.78. The van der Waals surface area contributed by atoms with Gasteiger partial charge in [-0.05, 0) is 85.0 Å². The monoisotopic (exact) mass is 438 g/mol. The Hall–Kier alpha value is -3.19. The zero-order valence-electron chi connectivity index (χ0n) is 17.1. The van der Waals surface area contributed by atoms with Gasteiger partial charge in [0.25, 0.3) is 15.9 Å². The van der Waals surface area contributed by atoms with Gasteiger partial charge in [0.2, 0.25) is 0 Å². The minimum atomic E-state index is -3.76. The van der Waals surface area contributed by atoms with Crippen molar-refractivity contribution >= 4 is 27.3 Å². The van der Waals surface area contributed by atoms with Crippen molar-refractivity contribution in [3.63, 3.8) is 0 Å². The molecule has 0 unspecified atom stereocenters. The van der Waals surface area contributed by atoms with Gasteiger partial charge >= 0.3 is 0 Å². The molecule has 0 atom stereocenters. The second-order valence-corrected chi connectivity index (χ2v) is 9.20. The molecule has 1 heterocycles. The minimum absolute atomic E-state index is 0.155. The van der Waals surface area contributed by atoms with Crippen molar-refractivity contribution in [3.05, 3.63) is 89.2 Å². The van der Waals surface area contributed by atoms with Gasteiger partial charge in [0, 0.05) is 23.5 Å². The van der Waals surface area contributed by atoms with E-state index in [1.807, 2.05) is 19.1 Å². The van der Waals surface area contributed by atoms with Gasteiger partial charge in [0.15, 0.2) is 0 Å². The number of hydrogen-bond donors (Lipinski definition) is 1. The first-order chi connectivity index (χ1) is 14.9. The summed E-state index contributed by atoms with van der Waals surface area (Å²) in [6.07, 6.45) is 2.28. The SMILES string of the molecule is CCc1ccc(NS(=O)(=O)c2ccc3c(c2)CCCN3C(=O)c2ccc(F)cc2)cc1. The third-order valence-corrected chi connectivity index (χ3v) is 6.81. The average Bonchev–Trinajstić information content (AvgIpc) is 2.78. The Morgan fingerprint density at radius 3 is 2.42 bits per heavy atom. The first-order valence-corrected chi connectivity index (χ1v) is 11.7. The molecular weight excluding hydrogens is 415 g/mol. The van der Waals surface area contributed by atoms with Crippen LogP contribution < -0.4 is 9.62 Å². The van der Waals surface area contributed by atoms with Crippen LogP contribution in [0.25, 0.3) is 0 Å². The van der Waals surface area contributed by atoms with Gasteiger partial charge in [-0.2, -0.15) is 0 Å². The third-order valence-electron chi connectivity index (χ3n) is 5.43. The molecule has 0 fully saturated rings. The number of carbonyl (C=O) groups is 1. The zero-order valence-corrected chi connectivity index (χ0v) is 18.0. The number of carbonyl (C=O) groups excluding carboxylic acids is 1. The van der Waals surface area contributed by atoms with E-state index >= 15 is 0 Å². The van der Waals surface area contributed by atoms with Crippen molar-refractivity contribution in [2.45, 2.75) is 31.1 Å². The molecule has 31 heavy (non-hydrogen) atoms. The van der Waals surface area contributed by atoms with Crippen LogP contribution in [-0.2, 0) is 22.9 Å². The van der Waals surface area contributed by atoms with Crippen LogP contribution in [0.3, 0.4) is 0 Å². The van der Waals surface area contributed by atoms with Gasteiger partial charge in [0.1, 0.15) is 5.82 Å². The predicted molar refractivity (Wildman–Crippen MR) is 119 cm³/mol. The van der Waals surface area contributed by atoms with E-state index < -0.39 is 15.8 Å². The summed E-state index contributed by atoms with van der Waals surface area (Å²) in [5.74, 6) is -0.632. The van der Waals surface area contributed by atoms with Gasteiger partial charge in [-0.25, -0.2) is 12.8 Å². The highest BCUT2D eigenvalue weighted by Crippen LogP contribution is 2.31. The van der Waals surface area contributed by atoms with Gasteiger partial charge < -0.3 is 4.90 Å². The molecule has 1 aliphatic rings. The molecule has 160 valence electrons. The molecule has 1 aliphatic heterocycles. The minimum Gasteiger partial charge on any atom is -0.308 e. The van der Waals surface area contributed by atoms with Crippen LogP contribution in [0.5, 0.6) is 0 Å². The highest BCUT2D eigenvalue weighted by atomic mass is 32.2. The smallest absolute Gasteiger partial charge is 0.261 e. The molecule has 7 heteroatoms. The Bertz CT molecular complexity index is 1210. The molecule has 0 aliphatic carbocycles. The molecule has 5 nitrogen and oxygen atoms in total. The highest BCUT2D eigenvalue weighted by molar-refractivity contribution is 7.92. The van der Waals surface area contributed by atoms with E-state index in [1.54, 1.807) is 29.2 Å². The molecule has 0 saturated carbocycles. The maximum atomic E-state index is 13.2. The normalized spacial score (nSPS) is 13.5. The molecule has 0 saturated heterocycles. The maximum absolute atomic E-state index is 13.2. The van der Waals surface area contributed by atoms with E-state index in [0.29, 0.717) is 29.9 Å². The van der Waals surface area contributed by atoms with E-state index in [4.69, 9.17) is 0 Å². The molecule has 3 aromatic rings. The van der Waals surface area contributed by atoms with E-state index in [2.05, 4.69) is 4.72 Å². The molecule has 0 aromatic heterocycles. The second-order valence-electron chi connectivity index (χ2n) is 7.51. The first-order valence-electron chi connectivity index (χ1n) is 10.2. The topological polar surface area (TPSA) is 66.5 Å². The molecule has 4 rings (SSSR count). The molecular formula is C24H23FN2O3S. The standard InChI is InChI=1S/C24H23FN2O3S/c1-2-17-5-11-21(12-6-17)26-31(29,30)22-13-14-23-19(16-22)4-3-15-27(23)24(28)18-7-9-20(25)10-8-18/h5-14,16,26H,2-4,15H2,1H3. The van der Waals surface area contributed by atoms with Gasteiger partial charge in [0.05, 0.1) is 4.90 Å². The summed E-state index contributed by atoms with van der Waals surface area (Å²) >= 11 is 0. The molecule has 1 amide bonds. The first kappa shape index (κ1) is 21.1. The summed E-state index contributed by atoms with van der Waals surface area (Å²) < 4.78 is 41.6. The molecule has 0 bridgehead atoms. The van der Waals surface area contributed by atoms with Crippen molar-refractivity contribution in [2.24, 2.45) is 0 Å². The van der Waals surface area contributed by atoms with Gasteiger partial charge in [-0.15, -0.1) is 0 Å². The lowest BCUT2D eigenvalue weighted by molar-refractivity contribution is 0.0985. The number of anilines is 2. The highest BCUT2D eigenvalue weighted by Gasteiger charge is 2.25. The lowest BCUT2D eigenvalue weighted by Gasteiger charge is -2.30. The molecule has 3 aromatic carbocycles. The number of amides is 1. The van der Waals surface area contributed by atoms with Crippen LogP contribution in [0.15, 0.2) is 71.6 Å². The Balaban J connectivity index is 1.60. The number of halogens is 1. The number of aryl methyl sites for hydroxylation is 2. The van der Waals surface area contributed by atoms with Crippen molar-refractivity contribution in [2.75, 3.05) is 16.2 Å². The maximum Gasteiger partial charge on any atom is 0.261 e. The van der Waals surface area contributed by atoms with Crippen LogP contribution in [0.1, 0.15) is 34.8 Å². The Labute approximate surface area is 181 Å². The lowest BCUT2D eigenvalue weighted by atomic mass is 10.0. The van der Waals surface area contributed by atoms with Crippen molar-refractivity contribution in [3.8, 4) is 0 Å². The van der Waals surface area contributed by atoms with Gasteiger partial charge in [-0.1, -0.05) is 19.1 Å². The average molecular weight is 439 g/mol. The summed E-state index contributed by atoms with van der Waals surface area (Å²) in [5, 5.41) is 0. The van der Waals surface area contributed by atoms with Crippen LogP contribution in [0, 0.1) is 5.82 Å². The van der Waals surface area contributed by atoms with Crippen molar-refractivity contribution in [1.29, 1.82) is 0 Å². The number of nitrogens with one attached hydrogen (secondary N) is 1. The van der Waals surface area contributed by atoms with E-state index in [9.17, 15) is 17.6 Å². The molecule has 0 radical (unpaired) electrons. The fourth-order valence-corrected chi connectivity index (χ4v) is 4.83. The summed E-state index contributed by atoms with van der Waals surface area (Å²) in [4.78, 5) is 14.7. The lowest BCUT2D eigenvalue weighted by Crippen LogP contribution is -2.35. The third kappa shape index (κ3) is 4.46. The zero-order chi connectivity index (χ0) is 22.0. The summed E-state index contributed by atoms with van der Waals surface area (Å²) in [6, 6.07) is 17.5. The van der Waals surface area contributed by atoms with E-state index in [1.165, 1.54) is 30.3 Å². The number of nitrogens with zero attached hydrogens (tertiary/aromatic N) is 1. The number of hydrogen-bond acceptors (Lipinski definition) is 3. The summed E-state index contributed by atoms with van der Waals surface area (Å²) in [7, 11) is -3.76. The van der Waals surface area contributed by atoms with E-state index in [0.717, 1.165) is 24.0 Å². The van der Waals surface area contributed by atoms with Crippen LogP contribution >= 0.6 is 0 Å². The molecule has 0 spiro atoms. The largest absolute Gasteiger partial charge is 0.308 e. The van der Waals surface area contributed by atoms with Crippen molar-refractivity contribution < 1.29 is 17.6 Å². The number of sulfonamides is 1. The van der Waals surface area contributed by atoms with E-state index in [-0.39, 0.29) is 10.8 Å². The quantitative estimate of drug-likeness (QED) is 0.623. The Morgan fingerprint density at radius 2 is 1.74 bits per heavy atom. The fraction of sp³-hybridized carbons (Fsp3) is 0.208. The van der Waals surface area contributed by atoms with Crippen molar-refractivity contribution in [1.82, 2.24) is 0 Å². The summed E-state index contributed by atoms with van der Waals surface area (Å²) in [5.41, 5.74) is 3.51. The fourth-order valence-electron chi connectivity index (χ4n) is 3.72. The second kappa shape index (κ2) is 8.51. The number of fused-ring (bicyclic) bond motifs is 1. The van der Waals surface area contributed by atoms with Crippen LogP contribution in [0.4, 0.5) is 15.8 Å². The Morgan fingerprint density at radius 1 is 1.03 bits per heavy atom. The number of benzene rings is 3. The number of rotatable bonds is 5. The molecule has 1 N–H and O–H groups in total. The van der Waals surface area contributed by atoms with Crippen LogP contribution in [-0.4, -0.2) is 20.9 Å². The predicted octanol–water partition coefficient (Wildman–Crippen LogP) is 4.78. The van der Waals surface area contributed by atoms with Crippen LogP contribution in [0.2, 0.25) is 0 Å². The summed E-state index contributed by atoms with van der Waals surface area (Å²) in [6.45, 7) is 2.56.